The van der Waals surface area contributed by atoms with Crippen LogP contribution in [0.1, 0.15) is 16.7 Å². The number of halogens is 1. The molecule has 88 valence electrons. The van der Waals surface area contributed by atoms with Gasteiger partial charge in [0.2, 0.25) is 0 Å². The van der Waals surface area contributed by atoms with Gasteiger partial charge in [-0.25, -0.2) is 0 Å². The molecule has 0 N–H and O–H groups in total. The Morgan fingerprint density at radius 2 is 1.47 bits per heavy atom. The number of rotatable bonds is 2. The molecule has 0 spiro atoms. The molecule has 0 unspecified atom stereocenters. The highest BCUT2D eigenvalue weighted by atomic mass is 127. The molecule has 2 rings (SSSR count). The lowest BCUT2D eigenvalue weighted by atomic mass is 10.1. The van der Waals surface area contributed by atoms with Crippen molar-refractivity contribution in [1.82, 2.24) is 0 Å². The molecule has 0 saturated carbocycles. The highest BCUT2D eigenvalue weighted by molar-refractivity contribution is 14.1. The molecule has 0 aliphatic carbocycles. The average Bonchev–Trinajstić information content (AvgIpc) is 2.29. The first-order chi connectivity index (χ1) is 8.06. The summed E-state index contributed by atoms with van der Waals surface area (Å²) in [6, 6.07) is 12.4. The van der Waals surface area contributed by atoms with Crippen LogP contribution in [-0.2, 0) is 0 Å². The topological polar surface area (TPSA) is 9.23 Å². The van der Waals surface area contributed by atoms with E-state index >= 15 is 0 Å². The van der Waals surface area contributed by atoms with Crippen LogP contribution in [0.3, 0.4) is 0 Å². The summed E-state index contributed by atoms with van der Waals surface area (Å²) in [6.07, 6.45) is 0. The molecular formula is C15H15IO. The summed E-state index contributed by atoms with van der Waals surface area (Å²) in [5, 5.41) is 0. The molecule has 0 heterocycles. The number of aryl methyl sites for hydroxylation is 3. The summed E-state index contributed by atoms with van der Waals surface area (Å²) in [7, 11) is 0. The van der Waals surface area contributed by atoms with Gasteiger partial charge in [0, 0.05) is 0 Å². The van der Waals surface area contributed by atoms with Crippen molar-refractivity contribution in [3.63, 3.8) is 0 Å². The standard InChI is InChI=1S/C15H15IO/c1-10-4-6-13(7-5-10)17-15-9-12(3)11(2)8-14(15)16/h4-9H,1-3H3. The molecule has 1 nitrogen and oxygen atoms in total. The van der Waals surface area contributed by atoms with Gasteiger partial charge in [-0.2, -0.15) is 0 Å². The molecule has 0 fully saturated rings. The third-order valence-electron chi connectivity index (χ3n) is 2.80. The van der Waals surface area contributed by atoms with E-state index in [9.17, 15) is 0 Å². The zero-order valence-corrected chi connectivity index (χ0v) is 12.4. The van der Waals surface area contributed by atoms with Gasteiger partial charge in [-0.3, -0.25) is 0 Å². The van der Waals surface area contributed by atoms with Crippen molar-refractivity contribution in [2.24, 2.45) is 0 Å². The number of hydrogen-bond donors (Lipinski definition) is 0. The van der Waals surface area contributed by atoms with E-state index in [4.69, 9.17) is 4.74 Å². The fourth-order valence-electron chi connectivity index (χ4n) is 1.57. The van der Waals surface area contributed by atoms with E-state index in [1.54, 1.807) is 0 Å². The summed E-state index contributed by atoms with van der Waals surface area (Å²) in [5.41, 5.74) is 3.80. The first kappa shape index (κ1) is 12.4. The van der Waals surface area contributed by atoms with Gasteiger partial charge in [-0.15, -0.1) is 0 Å². The van der Waals surface area contributed by atoms with Crippen LogP contribution in [0.15, 0.2) is 36.4 Å². The number of hydrogen-bond acceptors (Lipinski definition) is 1. The molecule has 2 heteroatoms. The van der Waals surface area contributed by atoms with Crippen molar-refractivity contribution in [2.45, 2.75) is 20.8 Å². The normalized spacial score (nSPS) is 10.4. The monoisotopic (exact) mass is 338 g/mol. The predicted octanol–water partition coefficient (Wildman–Crippen LogP) is 5.01. The van der Waals surface area contributed by atoms with Gasteiger partial charge in [0.1, 0.15) is 11.5 Å². The molecule has 0 atom stereocenters. The number of ether oxygens (including phenoxy) is 1. The van der Waals surface area contributed by atoms with Crippen LogP contribution in [0.2, 0.25) is 0 Å². The Balaban J connectivity index is 2.30. The SMILES string of the molecule is Cc1ccc(Oc2cc(C)c(C)cc2I)cc1. The Morgan fingerprint density at radius 1 is 0.882 bits per heavy atom. The summed E-state index contributed by atoms with van der Waals surface area (Å²) >= 11 is 2.31. The van der Waals surface area contributed by atoms with Gasteiger partial charge in [-0.1, -0.05) is 17.7 Å². The first-order valence-corrected chi connectivity index (χ1v) is 6.65. The Bertz CT molecular complexity index is 529. The van der Waals surface area contributed by atoms with Crippen molar-refractivity contribution >= 4 is 22.6 Å². The zero-order chi connectivity index (χ0) is 12.4. The second-order valence-corrected chi connectivity index (χ2v) is 5.44. The molecule has 2 aromatic rings. The molecule has 0 aliphatic rings. The van der Waals surface area contributed by atoms with Crippen LogP contribution in [-0.4, -0.2) is 0 Å². The summed E-state index contributed by atoms with van der Waals surface area (Å²) in [4.78, 5) is 0. The molecule has 0 aromatic heterocycles. The van der Waals surface area contributed by atoms with E-state index in [2.05, 4.69) is 67.6 Å². The van der Waals surface area contributed by atoms with Gasteiger partial charge in [0.15, 0.2) is 0 Å². The molecular weight excluding hydrogens is 323 g/mol. The Labute approximate surface area is 116 Å². The summed E-state index contributed by atoms with van der Waals surface area (Å²) in [5.74, 6) is 1.81. The molecule has 0 radical (unpaired) electrons. The molecule has 2 aromatic carbocycles. The minimum atomic E-state index is 0.886. The Morgan fingerprint density at radius 3 is 2.12 bits per heavy atom. The van der Waals surface area contributed by atoms with Crippen molar-refractivity contribution in [3.8, 4) is 11.5 Å². The van der Waals surface area contributed by atoms with Gasteiger partial charge >= 0.3 is 0 Å². The third kappa shape index (κ3) is 3.00. The van der Waals surface area contributed by atoms with Crippen molar-refractivity contribution in [3.05, 3.63) is 56.7 Å². The lowest BCUT2D eigenvalue weighted by molar-refractivity contribution is 0.478. The van der Waals surface area contributed by atoms with Crippen molar-refractivity contribution in [1.29, 1.82) is 0 Å². The maximum absolute atomic E-state index is 5.89. The summed E-state index contributed by atoms with van der Waals surface area (Å²) in [6.45, 7) is 6.30. The lowest BCUT2D eigenvalue weighted by Gasteiger charge is -2.10. The van der Waals surface area contributed by atoms with Crippen LogP contribution in [0.5, 0.6) is 11.5 Å². The molecule has 0 aliphatic heterocycles. The summed E-state index contributed by atoms with van der Waals surface area (Å²) < 4.78 is 7.04. The minimum absolute atomic E-state index is 0.886. The van der Waals surface area contributed by atoms with E-state index in [0.29, 0.717) is 0 Å². The predicted molar refractivity (Wildman–Crippen MR) is 79.9 cm³/mol. The Kier molecular flexibility index (Phi) is 3.72. The minimum Gasteiger partial charge on any atom is -0.456 e. The molecule has 17 heavy (non-hydrogen) atoms. The average molecular weight is 338 g/mol. The van der Waals surface area contributed by atoms with Gasteiger partial charge in [0.25, 0.3) is 0 Å². The quantitative estimate of drug-likeness (QED) is 0.700. The molecule has 0 bridgehead atoms. The van der Waals surface area contributed by atoms with Crippen LogP contribution >= 0.6 is 22.6 Å². The lowest BCUT2D eigenvalue weighted by Crippen LogP contribution is -1.91. The van der Waals surface area contributed by atoms with Gasteiger partial charge in [0.05, 0.1) is 3.57 Å². The highest BCUT2D eigenvalue weighted by Crippen LogP contribution is 2.29. The fraction of sp³-hybridized carbons (Fsp3) is 0.200. The van der Waals surface area contributed by atoms with Crippen LogP contribution in [0, 0.1) is 24.3 Å². The van der Waals surface area contributed by atoms with Crippen LogP contribution in [0.4, 0.5) is 0 Å². The van der Waals surface area contributed by atoms with E-state index in [1.165, 1.54) is 16.7 Å². The zero-order valence-electron chi connectivity index (χ0n) is 10.3. The largest absolute Gasteiger partial charge is 0.456 e. The second kappa shape index (κ2) is 5.08. The van der Waals surface area contributed by atoms with E-state index in [1.807, 2.05) is 12.1 Å². The van der Waals surface area contributed by atoms with Gasteiger partial charge < -0.3 is 4.74 Å². The molecule has 0 amide bonds. The fourth-order valence-corrected chi connectivity index (χ4v) is 2.30. The first-order valence-electron chi connectivity index (χ1n) is 5.57. The second-order valence-electron chi connectivity index (χ2n) is 4.28. The smallest absolute Gasteiger partial charge is 0.141 e. The van der Waals surface area contributed by atoms with Crippen LogP contribution in [0.25, 0.3) is 0 Å². The Hall–Kier alpha value is -1.03. The maximum atomic E-state index is 5.89. The van der Waals surface area contributed by atoms with Crippen molar-refractivity contribution in [2.75, 3.05) is 0 Å². The number of benzene rings is 2. The molecule has 0 saturated heterocycles. The maximum Gasteiger partial charge on any atom is 0.141 e. The van der Waals surface area contributed by atoms with Crippen LogP contribution < -0.4 is 4.74 Å². The highest BCUT2D eigenvalue weighted by Gasteiger charge is 2.05. The van der Waals surface area contributed by atoms with E-state index in [-0.39, 0.29) is 0 Å². The van der Waals surface area contributed by atoms with E-state index in [0.717, 1.165) is 15.1 Å². The van der Waals surface area contributed by atoms with E-state index < -0.39 is 0 Å². The third-order valence-corrected chi connectivity index (χ3v) is 3.64. The van der Waals surface area contributed by atoms with Crippen molar-refractivity contribution < 1.29 is 4.74 Å². The van der Waals surface area contributed by atoms with Gasteiger partial charge in [-0.05, 0) is 78.8 Å².